The van der Waals surface area contributed by atoms with E-state index in [0.717, 1.165) is 32.1 Å². The van der Waals surface area contributed by atoms with Gasteiger partial charge in [0, 0.05) is 30.9 Å². The molecule has 0 radical (unpaired) electrons. The Morgan fingerprint density at radius 1 is 1.20 bits per heavy atom. The van der Waals surface area contributed by atoms with Gasteiger partial charge >= 0.3 is 6.18 Å². The molecule has 1 aromatic rings. The van der Waals surface area contributed by atoms with Crippen LogP contribution in [0.3, 0.4) is 0 Å². The van der Waals surface area contributed by atoms with Gasteiger partial charge in [-0.3, -0.25) is 4.90 Å². The second-order valence-electron chi connectivity index (χ2n) is 5.84. The molecule has 0 aliphatic carbocycles. The van der Waals surface area contributed by atoms with E-state index >= 15 is 0 Å². The third-order valence-electron chi connectivity index (χ3n) is 4.44. The first-order chi connectivity index (χ1) is 9.45. The molecule has 3 rings (SSSR count). The summed E-state index contributed by atoms with van der Waals surface area (Å²) in [6.45, 7) is 5.00. The van der Waals surface area contributed by atoms with Gasteiger partial charge in [0.05, 0.1) is 5.56 Å². The maximum absolute atomic E-state index is 12.8. The smallest absolute Gasteiger partial charge is 0.366 e. The minimum atomic E-state index is -4.27. The fourth-order valence-electron chi connectivity index (χ4n) is 3.41. The zero-order valence-electron chi connectivity index (χ0n) is 11.5. The maximum Gasteiger partial charge on any atom is 0.416 e. The van der Waals surface area contributed by atoms with Gasteiger partial charge in [0.2, 0.25) is 0 Å². The first-order valence-corrected chi connectivity index (χ1v) is 7.13. The molecule has 0 saturated carbocycles. The summed E-state index contributed by atoms with van der Waals surface area (Å²) < 4.78 is 38.5. The first kappa shape index (κ1) is 13.7. The van der Waals surface area contributed by atoms with Crippen molar-refractivity contribution in [3.8, 4) is 0 Å². The summed E-state index contributed by atoms with van der Waals surface area (Å²) in [6.07, 6.45) is -1.91. The molecular formula is C15H19F3N2. The number of hydrogen-bond acceptors (Lipinski definition) is 2. The van der Waals surface area contributed by atoms with Crippen LogP contribution in [0, 0.1) is 0 Å². The predicted octanol–water partition coefficient (Wildman–Crippen LogP) is 3.38. The molecule has 2 saturated heterocycles. The van der Waals surface area contributed by atoms with Crippen LogP contribution in [0.15, 0.2) is 24.3 Å². The number of rotatable bonds is 1. The largest absolute Gasteiger partial charge is 0.416 e. The van der Waals surface area contributed by atoms with Crippen LogP contribution in [0.4, 0.5) is 18.9 Å². The normalized spacial score (nSPS) is 27.7. The summed E-state index contributed by atoms with van der Waals surface area (Å²) in [7, 11) is 0. The van der Waals surface area contributed by atoms with E-state index < -0.39 is 11.7 Å². The van der Waals surface area contributed by atoms with E-state index in [1.54, 1.807) is 6.07 Å². The van der Waals surface area contributed by atoms with Crippen molar-refractivity contribution in [2.45, 2.75) is 38.0 Å². The number of nitrogens with zero attached hydrogens (tertiary/aromatic N) is 2. The van der Waals surface area contributed by atoms with Crippen molar-refractivity contribution in [3.63, 3.8) is 0 Å². The zero-order valence-corrected chi connectivity index (χ0v) is 11.5. The van der Waals surface area contributed by atoms with Crippen molar-refractivity contribution in [1.29, 1.82) is 0 Å². The average Bonchev–Trinajstić information content (AvgIpc) is 2.84. The highest BCUT2D eigenvalue weighted by Gasteiger charge is 2.36. The summed E-state index contributed by atoms with van der Waals surface area (Å²) in [6, 6.07) is 6.47. The fourth-order valence-corrected chi connectivity index (χ4v) is 3.41. The van der Waals surface area contributed by atoms with Gasteiger partial charge in [-0.25, -0.2) is 0 Å². The summed E-state index contributed by atoms with van der Waals surface area (Å²) in [5, 5.41) is 0. The maximum atomic E-state index is 12.8. The topological polar surface area (TPSA) is 6.48 Å². The molecule has 20 heavy (non-hydrogen) atoms. The van der Waals surface area contributed by atoms with Gasteiger partial charge in [-0.05, 0) is 44.5 Å². The molecule has 2 atom stereocenters. The van der Waals surface area contributed by atoms with E-state index in [0.29, 0.717) is 11.7 Å². The van der Waals surface area contributed by atoms with E-state index in [1.165, 1.54) is 18.6 Å². The van der Waals surface area contributed by atoms with Crippen LogP contribution in [-0.4, -0.2) is 36.6 Å². The summed E-state index contributed by atoms with van der Waals surface area (Å²) in [4.78, 5) is 4.59. The Bertz CT molecular complexity index is 486. The second-order valence-corrected chi connectivity index (χ2v) is 5.84. The molecule has 2 nitrogen and oxygen atoms in total. The van der Waals surface area contributed by atoms with E-state index in [2.05, 4.69) is 16.7 Å². The number of piperazine rings is 1. The quantitative estimate of drug-likeness (QED) is 0.780. The Labute approximate surface area is 117 Å². The van der Waals surface area contributed by atoms with Gasteiger partial charge in [-0.1, -0.05) is 6.07 Å². The van der Waals surface area contributed by atoms with Crippen LogP contribution in [0.2, 0.25) is 0 Å². The van der Waals surface area contributed by atoms with Crippen LogP contribution < -0.4 is 4.90 Å². The highest BCUT2D eigenvalue weighted by molar-refractivity contribution is 5.51. The van der Waals surface area contributed by atoms with E-state index in [9.17, 15) is 13.2 Å². The third kappa shape index (κ3) is 2.51. The molecule has 2 fully saturated rings. The molecule has 0 amide bonds. The van der Waals surface area contributed by atoms with Crippen LogP contribution in [0.5, 0.6) is 0 Å². The summed E-state index contributed by atoms with van der Waals surface area (Å²) in [5.41, 5.74) is 0.134. The molecule has 0 spiro atoms. The van der Waals surface area contributed by atoms with Crippen LogP contribution in [0.1, 0.15) is 25.3 Å². The molecular weight excluding hydrogens is 265 g/mol. The minimum absolute atomic E-state index is 0.257. The fraction of sp³-hybridized carbons (Fsp3) is 0.600. The Kier molecular flexibility index (Phi) is 3.40. The molecule has 2 aliphatic heterocycles. The number of halogens is 3. The third-order valence-corrected chi connectivity index (χ3v) is 4.44. The van der Waals surface area contributed by atoms with Gasteiger partial charge in [-0.2, -0.15) is 13.2 Å². The highest BCUT2D eigenvalue weighted by Crippen LogP contribution is 2.34. The van der Waals surface area contributed by atoms with Crippen molar-refractivity contribution in [1.82, 2.24) is 4.90 Å². The number of fused-ring (bicyclic) bond motifs is 1. The van der Waals surface area contributed by atoms with Crippen LogP contribution in [0.25, 0.3) is 0 Å². The number of alkyl halides is 3. The van der Waals surface area contributed by atoms with Crippen LogP contribution in [-0.2, 0) is 6.18 Å². The Hall–Kier alpha value is -1.23. The average molecular weight is 284 g/mol. The molecule has 2 heterocycles. The van der Waals surface area contributed by atoms with Gasteiger partial charge in [0.15, 0.2) is 0 Å². The summed E-state index contributed by atoms with van der Waals surface area (Å²) in [5.74, 6) is 0. The van der Waals surface area contributed by atoms with Gasteiger partial charge < -0.3 is 4.90 Å². The van der Waals surface area contributed by atoms with E-state index in [4.69, 9.17) is 0 Å². The van der Waals surface area contributed by atoms with Gasteiger partial charge in [0.1, 0.15) is 0 Å². The molecule has 1 aromatic carbocycles. The van der Waals surface area contributed by atoms with Crippen molar-refractivity contribution in [2.75, 3.05) is 24.5 Å². The number of anilines is 1. The molecule has 110 valence electrons. The molecule has 0 N–H and O–H groups in total. The first-order valence-electron chi connectivity index (χ1n) is 7.13. The molecule has 0 bridgehead atoms. The molecule has 0 aromatic heterocycles. The number of benzene rings is 1. The lowest BCUT2D eigenvalue weighted by molar-refractivity contribution is -0.137. The monoisotopic (exact) mass is 284 g/mol. The lowest BCUT2D eigenvalue weighted by atomic mass is 10.1. The molecule has 2 unspecified atom stereocenters. The Morgan fingerprint density at radius 3 is 2.75 bits per heavy atom. The number of hydrogen-bond donors (Lipinski definition) is 0. The standard InChI is InChI=1S/C15H19F3N2/c1-11-9-19-7-3-6-14(19)10-20(11)13-5-2-4-12(8-13)15(16,17)18/h2,4-5,8,11,14H,3,6-7,9-10H2,1H3. The summed E-state index contributed by atoms with van der Waals surface area (Å²) >= 11 is 0. The Balaban J connectivity index is 1.85. The minimum Gasteiger partial charge on any atom is -0.366 e. The molecule has 5 heteroatoms. The van der Waals surface area contributed by atoms with E-state index in [1.807, 2.05) is 0 Å². The lowest BCUT2D eigenvalue weighted by Crippen LogP contribution is -2.55. The SMILES string of the molecule is CC1CN2CCCC2CN1c1cccc(C(F)(F)F)c1. The zero-order chi connectivity index (χ0) is 14.3. The predicted molar refractivity (Wildman–Crippen MR) is 72.8 cm³/mol. The van der Waals surface area contributed by atoms with Crippen LogP contribution >= 0.6 is 0 Å². The lowest BCUT2D eigenvalue weighted by Gasteiger charge is -2.43. The van der Waals surface area contributed by atoms with E-state index in [-0.39, 0.29) is 6.04 Å². The van der Waals surface area contributed by atoms with Crippen molar-refractivity contribution < 1.29 is 13.2 Å². The van der Waals surface area contributed by atoms with Crippen molar-refractivity contribution in [3.05, 3.63) is 29.8 Å². The highest BCUT2D eigenvalue weighted by atomic mass is 19.4. The van der Waals surface area contributed by atoms with Gasteiger partial charge in [0.25, 0.3) is 0 Å². The Morgan fingerprint density at radius 2 is 2.00 bits per heavy atom. The van der Waals surface area contributed by atoms with Crippen molar-refractivity contribution in [2.24, 2.45) is 0 Å². The molecule has 2 aliphatic rings. The van der Waals surface area contributed by atoms with Gasteiger partial charge in [-0.15, -0.1) is 0 Å². The second kappa shape index (κ2) is 4.95. The van der Waals surface area contributed by atoms with Crippen molar-refractivity contribution >= 4 is 5.69 Å².